The van der Waals surface area contributed by atoms with E-state index < -0.39 is 17.8 Å². The zero-order valence-electron chi connectivity index (χ0n) is 14.5. The van der Waals surface area contributed by atoms with Crippen LogP contribution < -0.4 is 0 Å². The number of hydroxylamine groups is 2. The van der Waals surface area contributed by atoms with E-state index in [0.717, 1.165) is 11.4 Å². The van der Waals surface area contributed by atoms with Crippen molar-refractivity contribution in [1.29, 1.82) is 0 Å². The number of carbonyl (C=O) groups is 3. The molecule has 2 aromatic heterocycles. The quantitative estimate of drug-likeness (QED) is 0.663. The van der Waals surface area contributed by atoms with Crippen molar-refractivity contribution >= 4 is 17.8 Å². The molecule has 4 rings (SSSR count). The molecule has 134 valence electrons. The third-order valence-electron chi connectivity index (χ3n) is 4.14. The standard InChI is InChI=1S/C19H14N4O4/c1-11-9-12(2)22(21-11)16-8-7-13(10-20-16)19(26)27-23-17(24)14-5-3-4-6-15(14)18(23)25/h3-10H,1-2H3. The summed E-state index contributed by atoms with van der Waals surface area (Å²) in [7, 11) is 0. The number of hydrogen-bond acceptors (Lipinski definition) is 6. The van der Waals surface area contributed by atoms with Crippen LogP contribution in [0.2, 0.25) is 0 Å². The molecule has 3 aromatic rings. The Bertz CT molecular complexity index is 1050. The maximum Gasteiger partial charge on any atom is 0.365 e. The Morgan fingerprint density at radius 3 is 2.19 bits per heavy atom. The van der Waals surface area contributed by atoms with Gasteiger partial charge in [0, 0.05) is 11.9 Å². The number of amides is 2. The molecular weight excluding hydrogens is 348 g/mol. The van der Waals surface area contributed by atoms with E-state index in [9.17, 15) is 14.4 Å². The summed E-state index contributed by atoms with van der Waals surface area (Å²) in [6.07, 6.45) is 1.31. The maximum absolute atomic E-state index is 12.3. The fourth-order valence-corrected chi connectivity index (χ4v) is 2.88. The van der Waals surface area contributed by atoms with Crippen molar-refractivity contribution in [1.82, 2.24) is 19.8 Å². The zero-order chi connectivity index (χ0) is 19.1. The number of aryl methyl sites for hydroxylation is 2. The van der Waals surface area contributed by atoms with Gasteiger partial charge in [-0.1, -0.05) is 17.2 Å². The Morgan fingerprint density at radius 2 is 1.67 bits per heavy atom. The molecule has 0 fully saturated rings. The van der Waals surface area contributed by atoms with Crippen LogP contribution in [0, 0.1) is 13.8 Å². The highest BCUT2D eigenvalue weighted by molar-refractivity contribution is 6.21. The van der Waals surface area contributed by atoms with E-state index in [1.165, 1.54) is 24.4 Å². The second-order valence-electron chi connectivity index (χ2n) is 6.07. The Morgan fingerprint density at radius 1 is 1.00 bits per heavy atom. The Balaban J connectivity index is 1.53. The molecule has 8 heteroatoms. The summed E-state index contributed by atoms with van der Waals surface area (Å²) in [5, 5.41) is 4.80. The van der Waals surface area contributed by atoms with Gasteiger partial charge in [0.2, 0.25) is 0 Å². The molecule has 0 aliphatic carbocycles. The summed E-state index contributed by atoms with van der Waals surface area (Å²) >= 11 is 0. The van der Waals surface area contributed by atoms with Crippen molar-refractivity contribution in [2.45, 2.75) is 13.8 Å². The lowest BCUT2D eigenvalue weighted by Crippen LogP contribution is -2.32. The van der Waals surface area contributed by atoms with Crippen molar-refractivity contribution in [3.63, 3.8) is 0 Å². The van der Waals surface area contributed by atoms with Gasteiger partial charge in [0.1, 0.15) is 0 Å². The molecule has 1 aliphatic rings. The minimum Gasteiger partial charge on any atom is -0.324 e. The van der Waals surface area contributed by atoms with Crippen molar-refractivity contribution in [3.8, 4) is 5.82 Å². The van der Waals surface area contributed by atoms with Gasteiger partial charge in [-0.25, -0.2) is 14.5 Å². The monoisotopic (exact) mass is 362 g/mol. The number of benzene rings is 1. The predicted molar refractivity (Wildman–Crippen MR) is 93.2 cm³/mol. The number of aromatic nitrogens is 3. The van der Waals surface area contributed by atoms with E-state index >= 15 is 0 Å². The number of hydrogen-bond donors (Lipinski definition) is 0. The number of nitrogens with zero attached hydrogens (tertiary/aromatic N) is 4. The van der Waals surface area contributed by atoms with Crippen molar-refractivity contribution in [2.75, 3.05) is 0 Å². The first-order chi connectivity index (χ1) is 13.0. The van der Waals surface area contributed by atoms with Crippen LogP contribution in [-0.4, -0.2) is 37.6 Å². The van der Waals surface area contributed by atoms with Gasteiger partial charge in [-0.2, -0.15) is 5.10 Å². The van der Waals surface area contributed by atoms with E-state index in [0.29, 0.717) is 10.9 Å². The summed E-state index contributed by atoms with van der Waals surface area (Å²) in [6, 6.07) is 11.3. The Kier molecular flexibility index (Phi) is 3.80. The maximum atomic E-state index is 12.3. The molecule has 0 spiro atoms. The van der Waals surface area contributed by atoms with E-state index in [4.69, 9.17) is 4.84 Å². The number of imide groups is 1. The van der Waals surface area contributed by atoms with Crippen LogP contribution in [-0.2, 0) is 4.84 Å². The first-order valence-electron chi connectivity index (χ1n) is 8.15. The minimum absolute atomic E-state index is 0.108. The largest absolute Gasteiger partial charge is 0.365 e. The topological polar surface area (TPSA) is 94.4 Å². The van der Waals surface area contributed by atoms with Crippen LogP contribution >= 0.6 is 0 Å². The summed E-state index contributed by atoms with van der Waals surface area (Å²) in [5.74, 6) is -1.65. The first kappa shape index (κ1) is 16.6. The molecule has 27 heavy (non-hydrogen) atoms. The summed E-state index contributed by atoms with van der Waals surface area (Å²) in [5.41, 5.74) is 2.27. The molecule has 0 radical (unpaired) electrons. The lowest BCUT2D eigenvalue weighted by molar-refractivity contribution is -0.0584. The van der Waals surface area contributed by atoms with Crippen LogP contribution in [0.4, 0.5) is 0 Å². The summed E-state index contributed by atoms with van der Waals surface area (Å²) < 4.78 is 1.65. The summed E-state index contributed by atoms with van der Waals surface area (Å²) in [6.45, 7) is 3.77. The van der Waals surface area contributed by atoms with Crippen LogP contribution in [0.15, 0.2) is 48.7 Å². The van der Waals surface area contributed by atoms with Crippen molar-refractivity contribution in [3.05, 3.63) is 76.7 Å². The van der Waals surface area contributed by atoms with Gasteiger partial charge >= 0.3 is 5.97 Å². The third kappa shape index (κ3) is 2.77. The molecule has 1 aliphatic heterocycles. The van der Waals surface area contributed by atoms with Gasteiger partial charge in [0.25, 0.3) is 11.8 Å². The van der Waals surface area contributed by atoms with E-state index in [2.05, 4.69) is 10.1 Å². The molecule has 0 unspecified atom stereocenters. The van der Waals surface area contributed by atoms with Gasteiger partial charge in [0.05, 0.1) is 22.4 Å². The lowest BCUT2D eigenvalue weighted by atomic mass is 10.1. The van der Waals surface area contributed by atoms with Gasteiger partial charge in [-0.3, -0.25) is 9.59 Å². The molecule has 0 saturated heterocycles. The highest BCUT2D eigenvalue weighted by Gasteiger charge is 2.38. The van der Waals surface area contributed by atoms with E-state index in [1.807, 2.05) is 19.9 Å². The molecule has 0 atom stereocenters. The third-order valence-corrected chi connectivity index (χ3v) is 4.14. The molecule has 0 saturated carbocycles. The van der Waals surface area contributed by atoms with Gasteiger partial charge in [-0.05, 0) is 44.2 Å². The second-order valence-corrected chi connectivity index (χ2v) is 6.07. The van der Waals surface area contributed by atoms with Crippen molar-refractivity contribution < 1.29 is 19.2 Å². The number of rotatable bonds is 3. The van der Waals surface area contributed by atoms with E-state index in [1.54, 1.807) is 22.9 Å². The molecule has 0 bridgehead atoms. The first-order valence-corrected chi connectivity index (χ1v) is 8.15. The lowest BCUT2D eigenvalue weighted by Gasteiger charge is -2.12. The molecule has 2 amide bonds. The average Bonchev–Trinajstić information content (AvgIpc) is 3.13. The number of fused-ring (bicyclic) bond motifs is 1. The van der Waals surface area contributed by atoms with Crippen LogP contribution in [0.25, 0.3) is 5.82 Å². The summed E-state index contributed by atoms with van der Waals surface area (Å²) in [4.78, 5) is 46.1. The van der Waals surface area contributed by atoms with Crippen LogP contribution in [0.1, 0.15) is 42.5 Å². The fraction of sp³-hybridized carbons (Fsp3) is 0.105. The highest BCUT2D eigenvalue weighted by Crippen LogP contribution is 2.23. The number of pyridine rings is 1. The number of carbonyl (C=O) groups excluding carboxylic acids is 3. The highest BCUT2D eigenvalue weighted by atomic mass is 16.7. The van der Waals surface area contributed by atoms with Crippen LogP contribution in [0.3, 0.4) is 0 Å². The molecular formula is C19H14N4O4. The normalized spacial score (nSPS) is 13.0. The average molecular weight is 362 g/mol. The fourth-order valence-electron chi connectivity index (χ4n) is 2.88. The second kappa shape index (κ2) is 6.17. The van der Waals surface area contributed by atoms with Gasteiger partial charge < -0.3 is 4.84 Å². The molecule has 8 nitrogen and oxygen atoms in total. The van der Waals surface area contributed by atoms with Crippen molar-refractivity contribution in [2.24, 2.45) is 0 Å². The molecule has 3 heterocycles. The van der Waals surface area contributed by atoms with E-state index in [-0.39, 0.29) is 16.7 Å². The molecule has 0 N–H and O–H groups in total. The zero-order valence-corrected chi connectivity index (χ0v) is 14.5. The van der Waals surface area contributed by atoms with Crippen LogP contribution in [0.5, 0.6) is 0 Å². The molecule has 1 aromatic carbocycles. The Labute approximate surface area is 154 Å². The van der Waals surface area contributed by atoms with Gasteiger partial charge in [0.15, 0.2) is 5.82 Å². The van der Waals surface area contributed by atoms with Gasteiger partial charge in [-0.15, -0.1) is 0 Å². The predicted octanol–water partition coefficient (Wildman–Crippen LogP) is 2.25. The smallest absolute Gasteiger partial charge is 0.324 e. The Hall–Kier alpha value is -3.81. The minimum atomic E-state index is -0.850. The SMILES string of the molecule is Cc1cc(C)n(-c2ccc(C(=O)ON3C(=O)c4ccccc4C3=O)cn2)n1.